The van der Waals surface area contributed by atoms with Crippen LogP contribution in [0.2, 0.25) is 0 Å². The maximum absolute atomic E-state index is 13.3. The van der Waals surface area contributed by atoms with Crippen molar-refractivity contribution in [2.24, 2.45) is 11.8 Å². The monoisotopic (exact) mass is 357 g/mol. The summed E-state index contributed by atoms with van der Waals surface area (Å²) in [4.78, 5) is 3.46. The van der Waals surface area contributed by atoms with Gasteiger partial charge in [0.1, 0.15) is 0 Å². The van der Waals surface area contributed by atoms with Crippen LogP contribution in [-0.2, 0) is 6.42 Å². The second-order valence-corrected chi connectivity index (χ2v) is 7.76. The molecule has 3 heteroatoms. The lowest BCUT2D eigenvalue weighted by Crippen LogP contribution is -2.15. The molecule has 0 aliphatic heterocycles. The Morgan fingerprint density at radius 3 is 2.19 bits per heavy atom. The van der Waals surface area contributed by atoms with Gasteiger partial charge in [0.15, 0.2) is 5.82 Å². The molecule has 0 bridgehead atoms. The third-order valence-corrected chi connectivity index (χ3v) is 5.86. The van der Waals surface area contributed by atoms with Crippen molar-refractivity contribution in [2.75, 3.05) is 0 Å². The number of benzene rings is 1. The molecule has 1 nitrogen and oxygen atoms in total. The largest absolute Gasteiger partial charge is 0.248 e. The fourth-order valence-electron chi connectivity index (χ4n) is 4.12. The fraction of sp³-hybridized carbons (Fsp3) is 0.522. The number of unbranched alkanes of at least 4 members (excludes halogenated alkanes) is 1. The third kappa shape index (κ3) is 5.12. The number of halogens is 2. The van der Waals surface area contributed by atoms with Crippen LogP contribution in [0.25, 0.3) is 11.1 Å². The van der Waals surface area contributed by atoms with E-state index in [1.54, 1.807) is 0 Å². The molecule has 0 radical (unpaired) electrons. The quantitative estimate of drug-likeness (QED) is 0.488. The number of rotatable bonds is 7. The van der Waals surface area contributed by atoms with E-state index in [0.29, 0.717) is 5.56 Å². The molecule has 0 atom stereocenters. The Hall–Kier alpha value is -1.77. The van der Waals surface area contributed by atoms with Gasteiger partial charge in [0.05, 0.1) is 0 Å². The Morgan fingerprint density at radius 2 is 1.58 bits per heavy atom. The third-order valence-electron chi connectivity index (χ3n) is 5.86. The van der Waals surface area contributed by atoms with Crippen molar-refractivity contribution in [3.63, 3.8) is 0 Å². The zero-order chi connectivity index (χ0) is 18.4. The van der Waals surface area contributed by atoms with Crippen molar-refractivity contribution in [1.29, 1.82) is 0 Å². The summed E-state index contributed by atoms with van der Waals surface area (Å²) >= 11 is 0. The van der Waals surface area contributed by atoms with Crippen LogP contribution < -0.4 is 0 Å². The van der Waals surface area contributed by atoms with Gasteiger partial charge in [-0.1, -0.05) is 76.1 Å². The number of nitrogens with zero attached hydrogens (tertiary/aromatic N) is 1. The molecule has 0 spiro atoms. The predicted octanol–water partition coefficient (Wildman–Crippen LogP) is 6.96. The van der Waals surface area contributed by atoms with Crippen molar-refractivity contribution in [3.05, 3.63) is 53.9 Å². The summed E-state index contributed by atoms with van der Waals surface area (Å²) in [6, 6.07) is 9.36. The van der Waals surface area contributed by atoms with Crippen LogP contribution in [0.15, 0.2) is 36.5 Å². The maximum Gasteiger partial charge on any atom is 0.248 e. The van der Waals surface area contributed by atoms with Gasteiger partial charge in [0, 0.05) is 11.8 Å². The van der Waals surface area contributed by atoms with E-state index in [2.05, 4.69) is 24.0 Å². The molecule has 1 aromatic carbocycles. The Kier molecular flexibility index (Phi) is 6.76. The van der Waals surface area contributed by atoms with E-state index in [4.69, 9.17) is 0 Å². The molecule has 0 unspecified atom stereocenters. The first-order chi connectivity index (χ1) is 12.7. The van der Waals surface area contributed by atoms with Crippen LogP contribution in [-0.4, -0.2) is 4.98 Å². The molecule has 0 amide bonds. The van der Waals surface area contributed by atoms with E-state index >= 15 is 0 Å². The van der Waals surface area contributed by atoms with Gasteiger partial charge in [-0.15, -0.1) is 0 Å². The molecular formula is C23H29F2N. The standard InChI is InChI=1S/C23H29F2N/c1-2-3-4-17-5-7-18(8-6-17)9-10-19-11-13-20(14-12-19)21-15-22(24)23(25)26-16-21/h11-18H,2-10H2,1H3. The van der Waals surface area contributed by atoms with Crippen molar-refractivity contribution in [2.45, 2.75) is 64.7 Å². The molecule has 26 heavy (non-hydrogen) atoms. The smallest absolute Gasteiger partial charge is 0.225 e. The van der Waals surface area contributed by atoms with Gasteiger partial charge in [-0.25, -0.2) is 9.37 Å². The molecule has 2 aromatic rings. The summed E-state index contributed by atoms with van der Waals surface area (Å²) in [5.74, 6) is -0.117. The molecule has 1 aromatic heterocycles. The summed E-state index contributed by atoms with van der Waals surface area (Å²) in [7, 11) is 0. The van der Waals surface area contributed by atoms with Gasteiger partial charge in [0.2, 0.25) is 5.95 Å². The normalized spacial score (nSPS) is 20.3. The highest BCUT2D eigenvalue weighted by Crippen LogP contribution is 2.34. The fourth-order valence-corrected chi connectivity index (χ4v) is 4.12. The van der Waals surface area contributed by atoms with Gasteiger partial charge in [-0.05, 0) is 41.9 Å². The van der Waals surface area contributed by atoms with Gasteiger partial charge < -0.3 is 0 Å². The lowest BCUT2D eigenvalue weighted by atomic mass is 9.78. The zero-order valence-electron chi connectivity index (χ0n) is 15.7. The molecule has 1 saturated carbocycles. The number of hydrogen-bond acceptors (Lipinski definition) is 1. The summed E-state index contributed by atoms with van der Waals surface area (Å²) in [5, 5.41) is 0. The Bertz CT molecular complexity index is 688. The van der Waals surface area contributed by atoms with E-state index in [0.717, 1.165) is 23.8 Å². The van der Waals surface area contributed by atoms with E-state index in [9.17, 15) is 8.78 Å². The first kappa shape index (κ1) is 19.0. The van der Waals surface area contributed by atoms with Gasteiger partial charge in [-0.3, -0.25) is 0 Å². The van der Waals surface area contributed by atoms with Crippen LogP contribution in [0.4, 0.5) is 8.78 Å². The minimum Gasteiger partial charge on any atom is -0.225 e. The highest BCUT2D eigenvalue weighted by atomic mass is 19.2. The molecule has 1 aliphatic rings. The average molecular weight is 357 g/mol. The second kappa shape index (κ2) is 9.25. The topological polar surface area (TPSA) is 12.9 Å². The van der Waals surface area contributed by atoms with E-state index in [-0.39, 0.29) is 0 Å². The molecule has 1 aliphatic carbocycles. The summed E-state index contributed by atoms with van der Waals surface area (Å²) in [6.07, 6.45) is 13.4. The van der Waals surface area contributed by atoms with Gasteiger partial charge in [0.25, 0.3) is 0 Å². The van der Waals surface area contributed by atoms with E-state index in [1.165, 1.54) is 69.2 Å². The second-order valence-electron chi connectivity index (χ2n) is 7.76. The number of pyridine rings is 1. The van der Waals surface area contributed by atoms with Crippen molar-refractivity contribution < 1.29 is 8.78 Å². The Labute approximate surface area is 155 Å². The molecule has 1 heterocycles. The zero-order valence-corrected chi connectivity index (χ0v) is 15.7. The minimum atomic E-state index is -1.05. The Balaban J connectivity index is 1.48. The van der Waals surface area contributed by atoms with Crippen molar-refractivity contribution in [1.82, 2.24) is 4.98 Å². The average Bonchev–Trinajstić information content (AvgIpc) is 2.68. The van der Waals surface area contributed by atoms with Crippen molar-refractivity contribution >= 4 is 0 Å². The van der Waals surface area contributed by atoms with Gasteiger partial charge >= 0.3 is 0 Å². The summed E-state index contributed by atoms with van der Waals surface area (Å²) in [6.45, 7) is 2.28. The first-order valence-electron chi connectivity index (χ1n) is 10.1. The SMILES string of the molecule is CCCCC1CCC(CCc2ccc(-c3cnc(F)c(F)c3)cc2)CC1. The van der Waals surface area contributed by atoms with E-state index < -0.39 is 11.8 Å². The highest BCUT2D eigenvalue weighted by molar-refractivity contribution is 5.62. The van der Waals surface area contributed by atoms with Crippen LogP contribution in [0.5, 0.6) is 0 Å². The van der Waals surface area contributed by atoms with Crippen LogP contribution in [0, 0.1) is 23.6 Å². The lowest BCUT2D eigenvalue weighted by molar-refractivity contribution is 0.250. The number of aryl methyl sites for hydroxylation is 1. The molecule has 3 rings (SSSR count). The molecule has 140 valence electrons. The molecular weight excluding hydrogens is 328 g/mol. The van der Waals surface area contributed by atoms with Crippen LogP contribution in [0.3, 0.4) is 0 Å². The summed E-state index contributed by atoms with van der Waals surface area (Å²) in [5.41, 5.74) is 2.80. The molecule has 0 N–H and O–H groups in total. The predicted molar refractivity (Wildman–Crippen MR) is 103 cm³/mol. The minimum absolute atomic E-state index is 0.612. The summed E-state index contributed by atoms with van der Waals surface area (Å²) < 4.78 is 26.3. The van der Waals surface area contributed by atoms with Gasteiger partial charge in [-0.2, -0.15) is 4.39 Å². The van der Waals surface area contributed by atoms with Crippen LogP contribution >= 0.6 is 0 Å². The molecule has 1 fully saturated rings. The maximum atomic E-state index is 13.3. The lowest BCUT2D eigenvalue weighted by Gasteiger charge is -2.28. The van der Waals surface area contributed by atoms with Crippen molar-refractivity contribution in [3.8, 4) is 11.1 Å². The molecule has 0 saturated heterocycles. The number of hydrogen-bond donors (Lipinski definition) is 0. The first-order valence-corrected chi connectivity index (χ1v) is 10.1. The van der Waals surface area contributed by atoms with E-state index in [1.807, 2.05) is 12.1 Å². The number of aromatic nitrogens is 1. The highest BCUT2D eigenvalue weighted by Gasteiger charge is 2.20. The van der Waals surface area contributed by atoms with Crippen LogP contribution in [0.1, 0.15) is 63.9 Å². The Morgan fingerprint density at radius 1 is 0.923 bits per heavy atom.